The average molecular weight is 233 g/mol. The predicted octanol–water partition coefficient (Wildman–Crippen LogP) is 2.08. The molecule has 0 amide bonds. The maximum Gasteiger partial charge on any atom is 0.172 e. The Bertz CT molecular complexity index is 438. The molecule has 0 unspecified atom stereocenters. The second-order valence-electron chi connectivity index (χ2n) is 4.52. The van der Waals surface area contributed by atoms with Gasteiger partial charge in [0.25, 0.3) is 0 Å². The number of nitrogens with zero attached hydrogens (tertiary/aromatic N) is 2. The molecule has 0 spiro atoms. The van der Waals surface area contributed by atoms with Crippen molar-refractivity contribution in [3.8, 4) is 0 Å². The van der Waals surface area contributed by atoms with Crippen LogP contribution in [-0.4, -0.2) is 23.6 Å². The summed E-state index contributed by atoms with van der Waals surface area (Å²) in [6, 6.07) is 6.71. The van der Waals surface area contributed by atoms with Crippen LogP contribution in [0, 0.1) is 6.92 Å². The Hall–Kier alpha value is -1.71. The van der Waals surface area contributed by atoms with Crippen LogP contribution in [0.3, 0.4) is 0 Å². The maximum atomic E-state index is 8.86. The highest BCUT2D eigenvalue weighted by atomic mass is 16.4. The Labute approximate surface area is 102 Å². The Balaban J connectivity index is 2.44. The fourth-order valence-electron chi connectivity index (χ4n) is 2.17. The first-order valence-corrected chi connectivity index (χ1v) is 6.02. The van der Waals surface area contributed by atoms with Crippen LogP contribution < -0.4 is 10.6 Å². The van der Waals surface area contributed by atoms with Gasteiger partial charge in [-0.3, -0.25) is 0 Å². The van der Waals surface area contributed by atoms with Crippen molar-refractivity contribution in [2.45, 2.75) is 32.7 Å². The van der Waals surface area contributed by atoms with E-state index >= 15 is 0 Å². The van der Waals surface area contributed by atoms with Crippen LogP contribution in [0.2, 0.25) is 0 Å². The van der Waals surface area contributed by atoms with Crippen LogP contribution in [0.15, 0.2) is 23.4 Å². The molecule has 1 aliphatic rings. The third-order valence-electron chi connectivity index (χ3n) is 3.17. The smallest absolute Gasteiger partial charge is 0.172 e. The van der Waals surface area contributed by atoms with Crippen molar-refractivity contribution >= 4 is 11.5 Å². The third kappa shape index (κ3) is 2.35. The summed E-state index contributed by atoms with van der Waals surface area (Å²) in [5.41, 5.74) is 8.75. The van der Waals surface area contributed by atoms with E-state index in [0.717, 1.165) is 23.4 Å². The number of oxime groups is 1. The minimum atomic E-state index is 0.183. The van der Waals surface area contributed by atoms with E-state index in [1.54, 1.807) is 0 Å². The van der Waals surface area contributed by atoms with Gasteiger partial charge in [0.2, 0.25) is 0 Å². The molecule has 0 aromatic heterocycles. The first-order chi connectivity index (χ1) is 8.17. The van der Waals surface area contributed by atoms with Crippen LogP contribution in [-0.2, 0) is 0 Å². The monoisotopic (exact) mass is 233 g/mol. The van der Waals surface area contributed by atoms with Crippen molar-refractivity contribution in [2.75, 3.05) is 11.4 Å². The van der Waals surface area contributed by atoms with Crippen molar-refractivity contribution in [3.05, 3.63) is 29.3 Å². The second-order valence-corrected chi connectivity index (χ2v) is 4.52. The van der Waals surface area contributed by atoms with Gasteiger partial charge in [0.05, 0.1) is 0 Å². The summed E-state index contributed by atoms with van der Waals surface area (Å²) in [7, 11) is 0. The summed E-state index contributed by atoms with van der Waals surface area (Å²) in [4.78, 5) is 2.33. The molecule has 1 fully saturated rings. The van der Waals surface area contributed by atoms with Gasteiger partial charge in [-0.05, 0) is 38.8 Å². The lowest BCUT2D eigenvalue weighted by molar-refractivity contribution is 0.318. The summed E-state index contributed by atoms with van der Waals surface area (Å²) in [5, 5.41) is 12.0. The van der Waals surface area contributed by atoms with E-state index in [0.29, 0.717) is 6.04 Å². The molecule has 17 heavy (non-hydrogen) atoms. The summed E-state index contributed by atoms with van der Waals surface area (Å²) >= 11 is 0. The van der Waals surface area contributed by atoms with Crippen LogP contribution in [0.1, 0.15) is 30.9 Å². The Morgan fingerprint density at radius 3 is 2.76 bits per heavy atom. The fraction of sp³-hybridized carbons (Fsp3) is 0.462. The summed E-state index contributed by atoms with van der Waals surface area (Å²) in [6.45, 7) is 5.08. The van der Waals surface area contributed by atoms with Crippen LogP contribution in [0.25, 0.3) is 0 Å². The van der Waals surface area contributed by atoms with Crippen molar-refractivity contribution in [1.82, 2.24) is 0 Å². The third-order valence-corrected chi connectivity index (χ3v) is 3.17. The van der Waals surface area contributed by atoms with Gasteiger partial charge in [-0.1, -0.05) is 16.8 Å². The molecular formula is C13H19N3O. The lowest BCUT2D eigenvalue weighted by Crippen LogP contribution is -2.28. The van der Waals surface area contributed by atoms with Gasteiger partial charge in [0.1, 0.15) is 0 Å². The molecule has 1 aromatic rings. The normalized spacial score (nSPS) is 16.0. The van der Waals surface area contributed by atoms with Crippen LogP contribution in [0.4, 0.5) is 5.69 Å². The molecule has 4 heteroatoms. The number of anilines is 1. The van der Waals surface area contributed by atoms with Crippen LogP contribution in [0.5, 0.6) is 0 Å². The number of amidine groups is 1. The molecule has 1 aliphatic carbocycles. The molecule has 0 heterocycles. The largest absolute Gasteiger partial charge is 0.409 e. The zero-order valence-corrected chi connectivity index (χ0v) is 10.3. The van der Waals surface area contributed by atoms with Gasteiger partial charge in [-0.2, -0.15) is 0 Å². The topological polar surface area (TPSA) is 61.8 Å². The molecule has 2 rings (SSSR count). The van der Waals surface area contributed by atoms with Gasteiger partial charge < -0.3 is 15.8 Å². The Kier molecular flexibility index (Phi) is 3.22. The van der Waals surface area contributed by atoms with E-state index in [-0.39, 0.29) is 5.84 Å². The zero-order chi connectivity index (χ0) is 12.4. The molecule has 92 valence electrons. The lowest BCUT2D eigenvalue weighted by Gasteiger charge is -2.25. The standard InChI is InChI=1S/C13H19N3O/c1-3-16(10-5-6-10)12-7-4-9(2)8-11(12)13(14)15-17/h4,7-8,10,17H,3,5-6H2,1-2H3,(H2,14,15). The molecular weight excluding hydrogens is 214 g/mol. The highest BCUT2D eigenvalue weighted by Gasteiger charge is 2.29. The SMILES string of the molecule is CCN(c1ccc(C)cc1/C(N)=N/O)C1CC1. The number of benzene rings is 1. The molecule has 0 bridgehead atoms. The first-order valence-electron chi connectivity index (χ1n) is 6.02. The van der Waals surface area contributed by atoms with E-state index in [2.05, 4.69) is 29.1 Å². The molecule has 4 nitrogen and oxygen atoms in total. The maximum absolute atomic E-state index is 8.86. The minimum absolute atomic E-state index is 0.183. The highest BCUT2D eigenvalue weighted by Crippen LogP contribution is 2.33. The van der Waals surface area contributed by atoms with Gasteiger partial charge in [0.15, 0.2) is 5.84 Å². The van der Waals surface area contributed by atoms with Gasteiger partial charge in [0, 0.05) is 23.8 Å². The summed E-state index contributed by atoms with van der Waals surface area (Å²) in [6.07, 6.45) is 2.47. The highest BCUT2D eigenvalue weighted by molar-refractivity contribution is 6.02. The van der Waals surface area contributed by atoms with Crippen molar-refractivity contribution in [1.29, 1.82) is 0 Å². The number of hydrogen-bond acceptors (Lipinski definition) is 3. The van der Waals surface area contributed by atoms with Gasteiger partial charge in [-0.15, -0.1) is 0 Å². The van der Waals surface area contributed by atoms with E-state index in [1.807, 2.05) is 13.0 Å². The van der Waals surface area contributed by atoms with E-state index < -0.39 is 0 Å². The fourth-order valence-corrected chi connectivity index (χ4v) is 2.17. The van der Waals surface area contributed by atoms with Crippen molar-refractivity contribution in [3.63, 3.8) is 0 Å². The van der Waals surface area contributed by atoms with E-state index in [1.165, 1.54) is 12.8 Å². The summed E-state index contributed by atoms with van der Waals surface area (Å²) in [5.74, 6) is 0.183. The average Bonchev–Trinajstić information content (AvgIpc) is 3.15. The molecule has 0 atom stereocenters. The van der Waals surface area contributed by atoms with Crippen LogP contribution >= 0.6 is 0 Å². The quantitative estimate of drug-likeness (QED) is 0.362. The van der Waals surface area contributed by atoms with Gasteiger partial charge >= 0.3 is 0 Å². The molecule has 1 aromatic carbocycles. The number of rotatable bonds is 4. The Morgan fingerprint density at radius 2 is 2.24 bits per heavy atom. The molecule has 0 aliphatic heterocycles. The number of nitrogens with two attached hydrogens (primary N) is 1. The van der Waals surface area contributed by atoms with Crippen molar-refractivity contribution < 1.29 is 5.21 Å². The Morgan fingerprint density at radius 1 is 1.53 bits per heavy atom. The molecule has 0 radical (unpaired) electrons. The zero-order valence-electron chi connectivity index (χ0n) is 10.3. The first kappa shape index (κ1) is 11.8. The van der Waals surface area contributed by atoms with Crippen molar-refractivity contribution in [2.24, 2.45) is 10.9 Å². The molecule has 0 saturated heterocycles. The molecule has 1 saturated carbocycles. The predicted molar refractivity (Wildman–Crippen MR) is 69.7 cm³/mol. The minimum Gasteiger partial charge on any atom is -0.409 e. The van der Waals surface area contributed by atoms with Gasteiger partial charge in [-0.25, -0.2) is 0 Å². The second kappa shape index (κ2) is 4.65. The van der Waals surface area contributed by atoms with E-state index in [4.69, 9.17) is 10.9 Å². The lowest BCUT2D eigenvalue weighted by atomic mass is 10.1. The number of aryl methyl sites for hydroxylation is 1. The number of hydrogen-bond donors (Lipinski definition) is 2. The summed E-state index contributed by atoms with van der Waals surface area (Å²) < 4.78 is 0. The van der Waals surface area contributed by atoms with E-state index in [9.17, 15) is 0 Å². The molecule has 3 N–H and O–H groups in total.